The lowest BCUT2D eigenvalue weighted by Crippen LogP contribution is -1.99. The average Bonchev–Trinajstić information content (AvgIpc) is 2.46. The quantitative estimate of drug-likeness (QED) is 0.730. The van der Waals surface area contributed by atoms with Gasteiger partial charge in [-0.1, -0.05) is 48.5 Å². The molecule has 94 valence electrons. The second kappa shape index (κ2) is 5.02. The fourth-order valence-corrected chi connectivity index (χ4v) is 2.21. The standard InChI is InChI=1S/C17H15NO/c19-15-10-9-14-7-4-8-17(16(14)11-15)18-12-13-5-2-1-3-6-13/h1-11,18-19H,12H2. The summed E-state index contributed by atoms with van der Waals surface area (Å²) in [5.41, 5.74) is 2.27. The van der Waals surface area contributed by atoms with Crippen LogP contribution < -0.4 is 5.32 Å². The number of phenolic OH excluding ortho intramolecular Hbond substituents is 1. The van der Waals surface area contributed by atoms with Gasteiger partial charge in [0.05, 0.1) is 0 Å². The molecule has 3 aromatic carbocycles. The molecule has 2 N–H and O–H groups in total. The minimum Gasteiger partial charge on any atom is -0.508 e. The van der Waals surface area contributed by atoms with Crippen LogP contribution in [0.4, 0.5) is 5.69 Å². The Morgan fingerprint density at radius 3 is 2.53 bits per heavy atom. The molecule has 0 aliphatic carbocycles. The largest absolute Gasteiger partial charge is 0.508 e. The molecule has 0 amide bonds. The van der Waals surface area contributed by atoms with Crippen LogP contribution in [0, 0.1) is 0 Å². The molecule has 0 aliphatic rings. The van der Waals surface area contributed by atoms with Gasteiger partial charge in [0.25, 0.3) is 0 Å². The van der Waals surface area contributed by atoms with Crippen LogP contribution in [0.15, 0.2) is 66.7 Å². The molecule has 0 unspecified atom stereocenters. The Labute approximate surface area is 112 Å². The van der Waals surface area contributed by atoms with Gasteiger partial charge in [0.1, 0.15) is 5.75 Å². The summed E-state index contributed by atoms with van der Waals surface area (Å²) in [6.45, 7) is 0.773. The Kier molecular flexibility index (Phi) is 3.07. The molecule has 0 aliphatic heterocycles. The van der Waals surface area contributed by atoms with E-state index in [1.54, 1.807) is 12.1 Å². The van der Waals surface area contributed by atoms with Gasteiger partial charge >= 0.3 is 0 Å². The lowest BCUT2D eigenvalue weighted by molar-refractivity contribution is 0.476. The van der Waals surface area contributed by atoms with Crippen molar-refractivity contribution in [3.8, 4) is 5.75 Å². The van der Waals surface area contributed by atoms with Crippen LogP contribution in [0.1, 0.15) is 5.56 Å². The normalized spacial score (nSPS) is 10.5. The number of benzene rings is 3. The predicted molar refractivity (Wildman–Crippen MR) is 79.4 cm³/mol. The van der Waals surface area contributed by atoms with Gasteiger partial charge in [-0.2, -0.15) is 0 Å². The molecular weight excluding hydrogens is 234 g/mol. The summed E-state index contributed by atoms with van der Waals surface area (Å²) in [5, 5.41) is 15.2. The monoisotopic (exact) mass is 249 g/mol. The van der Waals surface area contributed by atoms with E-state index < -0.39 is 0 Å². The van der Waals surface area contributed by atoms with E-state index in [0.29, 0.717) is 5.75 Å². The minimum atomic E-state index is 0.293. The van der Waals surface area contributed by atoms with Gasteiger partial charge in [0.2, 0.25) is 0 Å². The Balaban J connectivity index is 1.90. The van der Waals surface area contributed by atoms with Crippen molar-refractivity contribution in [3.05, 3.63) is 72.3 Å². The smallest absolute Gasteiger partial charge is 0.116 e. The Hall–Kier alpha value is -2.48. The van der Waals surface area contributed by atoms with Gasteiger partial charge in [0, 0.05) is 17.6 Å². The summed E-state index contributed by atoms with van der Waals surface area (Å²) in [6.07, 6.45) is 0. The fraction of sp³-hybridized carbons (Fsp3) is 0.0588. The van der Waals surface area contributed by atoms with Gasteiger partial charge in [-0.3, -0.25) is 0 Å². The molecule has 2 heteroatoms. The third kappa shape index (κ3) is 2.52. The van der Waals surface area contributed by atoms with Crippen molar-refractivity contribution in [2.75, 3.05) is 5.32 Å². The number of hydrogen-bond acceptors (Lipinski definition) is 2. The van der Waals surface area contributed by atoms with E-state index in [9.17, 15) is 5.11 Å². The summed E-state index contributed by atoms with van der Waals surface area (Å²) in [6, 6.07) is 21.8. The lowest BCUT2D eigenvalue weighted by atomic mass is 10.1. The molecule has 0 aromatic heterocycles. The number of rotatable bonds is 3. The summed E-state index contributed by atoms with van der Waals surface area (Å²) in [4.78, 5) is 0. The second-order valence-corrected chi connectivity index (χ2v) is 4.55. The molecular formula is C17H15NO. The van der Waals surface area contributed by atoms with Crippen LogP contribution in [-0.4, -0.2) is 5.11 Å². The molecule has 0 spiro atoms. The van der Waals surface area contributed by atoms with E-state index in [-0.39, 0.29) is 0 Å². The van der Waals surface area contributed by atoms with E-state index in [1.165, 1.54) is 5.56 Å². The molecule has 3 aromatic rings. The first-order chi connectivity index (χ1) is 9.33. The molecule has 0 fully saturated rings. The lowest BCUT2D eigenvalue weighted by Gasteiger charge is -2.10. The van der Waals surface area contributed by atoms with Gasteiger partial charge in [-0.25, -0.2) is 0 Å². The Morgan fingerprint density at radius 1 is 0.842 bits per heavy atom. The molecule has 0 saturated carbocycles. The van der Waals surface area contributed by atoms with Crippen LogP contribution in [-0.2, 0) is 6.54 Å². The highest BCUT2D eigenvalue weighted by molar-refractivity contribution is 5.94. The second-order valence-electron chi connectivity index (χ2n) is 4.55. The highest BCUT2D eigenvalue weighted by Gasteiger charge is 2.01. The van der Waals surface area contributed by atoms with Crippen molar-refractivity contribution in [3.63, 3.8) is 0 Å². The van der Waals surface area contributed by atoms with Crippen LogP contribution >= 0.6 is 0 Å². The minimum absolute atomic E-state index is 0.293. The predicted octanol–water partition coefficient (Wildman–Crippen LogP) is 4.16. The zero-order valence-electron chi connectivity index (χ0n) is 10.5. The molecule has 2 nitrogen and oxygen atoms in total. The molecule has 0 atom stereocenters. The highest BCUT2D eigenvalue weighted by atomic mass is 16.3. The first kappa shape index (κ1) is 11.6. The third-order valence-electron chi connectivity index (χ3n) is 3.19. The zero-order chi connectivity index (χ0) is 13.1. The SMILES string of the molecule is Oc1ccc2cccc(NCc3ccccc3)c2c1. The van der Waals surface area contributed by atoms with E-state index in [2.05, 4.69) is 17.4 Å². The third-order valence-corrected chi connectivity index (χ3v) is 3.19. The fourth-order valence-electron chi connectivity index (χ4n) is 2.21. The van der Waals surface area contributed by atoms with E-state index in [0.717, 1.165) is 23.0 Å². The Bertz CT molecular complexity index is 692. The van der Waals surface area contributed by atoms with Crippen LogP contribution in [0.3, 0.4) is 0 Å². The number of phenols is 1. The van der Waals surface area contributed by atoms with Gasteiger partial charge in [0.15, 0.2) is 0 Å². The maximum absolute atomic E-state index is 9.61. The van der Waals surface area contributed by atoms with Crippen LogP contribution in [0.2, 0.25) is 0 Å². The molecule has 0 heterocycles. The maximum atomic E-state index is 9.61. The van der Waals surface area contributed by atoms with Gasteiger partial charge in [-0.15, -0.1) is 0 Å². The van der Waals surface area contributed by atoms with Crippen molar-refractivity contribution in [1.29, 1.82) is 0 Å². The molecule has 19 heavy (non-hydrogen) atoms. The van der Waals surface area contributed by atoms with Gasteiger partial charge < -0.3 is 10.4 Å². The first-order valence-electron chi connectivity index (χ1n) is 6.32. The Morgan fingerprint density at radius 2 is 1.68 bits per heavy atom. The highest BCUT2D eigenvalue weighted by Crippen LogP contribution is 2.27. The number of aromatic hydroxyl groups is 1. The van der Waals surface area contributed by atoms with Crippen molar-refractivity contribution in [2.45, 2.75) is 6.54 Å². The van der Waals surface area contributed by atoms with Gasteiger partial charge in [-0.05, 0) is 29.1 Å². The number of fused-ring (bicyclic) bond motifs is 1. The summed E-state index contributed by atoms with van der Waals surface area (Å²) in [5.74, 6) is 0.293. The van der Waals surface area contributed by atoms with Crippen molar-refractivity contribution < 1.29 is 5.11 Å². The summed E-state index contributed by atoms with van der Waals surface area (Å²) >= 11 is 0. The van der Waals surface area contributed by atoms with E-state index in [1.807, 2.05) is 42.5 Å². The van der Waals surface area contributed by atoms with E-state index >= 15 is 0 Å². The molecule has 0 bridgehead atoms. The first-order valence-corrected chi connectivity index (χ1v) is 6.32. The number of hydrogen-bond donors (Lipinski definition) is 2. The zero-order valence-corrected chi connectivity index (χ0v) is 10.5. The van der Waals surface area contributed by atoms with Crippen LogP contribution in [0.25, 0.3) is 10.8 Å². The van der Waals surface area contributed by atoms with E-state index in [4.69, 9.17) is 0 Å². The average molecular weight is 249 g/mol. The molecule has 3 rings (SSSR count). The number of anilines is 1. The van der Waals surface area contributed by atoms with Crippen molar-refractivity contribution in [1.82, 2.24) is 0 Å². The topological polar surface area (TPSA) is 32.3 Å². The van der Waals surface area contributed by atoms with Crippen molar-refractivity contribution in [2.24, 2.45) is 0 Å². The van der Waals surface area contributed by atoms with Crippen molar-refractivity contribution >= 4 is 16.5 Å². The summed E-state index contributed by atoms with van der Waals surface area (Å²) in [7, 11) is 0. The molecule has 0 saturated heterocycles. The number of nitrogens with one attached hydrogen (secondary N) is 1. The van der Waals surface area contributed by atoms with Crippen LogP contribution in [0.5, 0.6) is 5.75 Å². The summed E-state index contributed by atoms with van der Waals surface area (Å²) < 4.78 is 0. The maximum Gasteiger partial charge on any atom is 0.116 e. The molecule has 0 radical (unpaired) electrons.